The highest BCUT2D eigenvalue weighted by Gasteiger charge is 2.64. The molecule has 11 rings (SSSR count). The number of benzene rings is 6. The Balaban J connectivity index is 1.11. The van der Waals surface area contributed by atoms with Crippen LogP contribution in [0.4, 0.5) is 34.1 Å². The van der Waals surface area contributed by atoms with Crippen LogP contribution >= 0.6 is 0 Å². The molecule has 60 heavy (non-hydrogen) atoms. The largest absolute Gasteiger partial charge is 0.363 e. The standard InChI is InChI=1S/C55H56N4O/c60-55-47-35-45(56(39-21-7-1-8-22-39)40-23-9-2-10-24-40)37-51-53(47)54-48(55)36-46(57(41-25-11-3-12-26-41)42-27-13-4-14-28-42)38-52(54)59(44-31-17-6-18-32-44)50-34-20-19-33-49(50)58(51)43-29-15-5-16-30-43/h1-18,21-32,45-54H,19-20,33-38H2. The van der Waals surface area contributed by atoms with Gasteiger partial charge in [0.2, 0.25) is 0 Å². The third-order valence-electron chi connectivity index (χ3n) is 15.2. The van der Waals surface area contributed by atoms with Crippen molar-refractivity contribution in [2.24, 2.45) is 23.7 Å². The zero-order valence-electron chi connectivity index (χ0n) is 34.4. The van der Waals surface area contributed by atoms with Crippen LogP contribution in [0.3, 0.4) is 0 Å². The number of nitrogens with zero attached hydrogens (tertiary/aromatic N) is 4. The predicted molar refractivity (Wildman–Crippen MR) is 247 cm³/mol. The van der Waals surface area contributed by atoms with Crippen LogP contribution in [-0.2, 0) is 4.79 Å². The topological polar surface area (TPSA) is 30.0 Å². The first kappa shape index (κ1) is 37.2. The van der Waals surface area contributed by atoms with Gasteiger partial charge in [0.25, 0.3) is 0 Å². The molecule has 302 valence electrons. The summed E-state index contributed by atoms with van der Waals surface area (Å²) in [6.07, 6.45) is 8.54. The number of carbonyl (C=O) groups excluding carboxylic acids is 1. The molecular weight excluding hydrogens is 733 g/mol. The van der Waals surface area contributed by atoms with E-state index in [0.29, 0.717) is 17.9 Å². The van der Waals surface area contributed by atoms with Crippen molar-refractivity contribution in [2.45, 2.75) is 87.6 Å². The lowest BCUT2D eigenvalue weighted by atomic mass is 9.63. The fourth-order valence-electron chi connectivity index (χ4n) is 13.2. The summed E-state index contributed by atoms with van der Waals surface area (Å²) in [4.78, 5) is 26.9. The number of hydrogen-bond acceptors (Lipinski definition) is 5. The third kappa shape index (κ3) is 6.49. The lowest BCUT2D eigenvalue weighted by Gasteiger charge is -2.61. The molecule has 0 spiro atoms. The number of Topliss-reactive ketones (excluding diaryl/α,β-unsaturated/α-hetero) is 1. The number of fused-ring (bicyclic) bond motifs is 1. The van der Waals surface area contributed by atoms with Crippen molar-refractivity contribution in [3.05, 3.63) is 182 Å². The van der Waals surface area contributed by atoms with E-state index < -0.39 is 0 Å². The van der Waals surface area contributed by atoms with Crippen molar-refractivity contribution >= 4 is 39.9 Å². The van der Waals surface area contributed by atoms with Gasteiger partial charge >= 0.3 is 0 Å². The maximum absolute atomic E-state index is 15.9. The Kier molecular flexibility index (Phi) is 9.92. The fourth-order valence-corrected chi connectivity index (χ4v) is 13.2. The molecule has 0 aromatic heterocycles. The molecule has 5 heteroatoms. The van der Waals surface area contributed by atoms with Gasteiger partial charge in [0, 0.05) is 82.2 Å². The number of para-hydroxylation sites is 6. The van der Waals surface area contributed by atoms with Gasteiger partial charge in [-0.15, -0.1) is 0 Å². The monoisotopic (exact) mass is 788 g/mol. The van der Waals surface area contributed by atoms with Crippen LogP contribution in [0.15, 0.2) is 182 Å². The van der Waals surface area contributed by atoms with Crippen LogP contribution in [0.25, 0.3) is 0 Å². The van der Waals surface area contributed by atoms with Crippen LogP contribution < -0.4 is 19.6 Å². The lowest BCUT2D eigenvalue weighted by Crippen LogP contribution is -2.68. The summed E-state index contributed by atoms with van der Waals surface area (Å²) in [6, 6.07) is 68.1. The number of anilines is 6. The van der Waals surface area contributed by atoms with E-state index in [9.17, 15) is 0 Å². The Morgan fingerprint density at radius 1 is 0.367 bits per heavy atom. The lowest BCUT2D eigenvalue weighted by molar-refractivity contribution is -0.126. The first-order valence-electron chi connectivity index (χ1n) is 22.7. The summed E-state index contributed by atoms with van der Waals surface area (Å²) >= 11 is 0. The molecule has 1 aliphatic heterocycles. The molecule has 5 nitrogen and oxygen atoms in total. The molecule has 10 unspecified atom stereocenters. The first-order chi connectivity index (χ1) is 29.7. The van der Waals surface area contributed by atoms with Crippen molar-refractivity contribution in [3.8, 4) is 0 Å². The maximum Gasteiger partial charge on any atom is 0.139 e. The Labute approximate surface area is 356 Å². The van der Waals surface area contributed by atoms with E-state index in [1.165, 1.54) is 47.0 Å². The van der Waals surface area contributed by atoms with Crippen LogP contribution in [0.5, 0.6) is 0 Å². The Morgan fingerprint density at radius 3 is 0.983 bits per heavy atom. The minimum atomic E-state index is -0.0224. The zero-order valence-corrected chi connectivity index (χ0v) is 34.4. The van der Waals surface area contributed by atoms with Gasteiger partial charge in [0.05, 0.1) is 0 Å². The average Bonchev–Trinajstić information content (AvgIpc) is 3.60. The molecule has 1 heterocycles. The molecule has 5 aliphatic rings. The van der Waals surface area contributed by atoms with Gasteiger partial charge in [0.15, 0.2) is 0 Å². The highest BCUT2D eigenvalue weighted by Crippen LogP contribution is 2.59. The molecule has 4 saturated carbocycles. The quantitative estimate of drug-likeness (QED) is 0.153. The molecule has 10 atom stereocenters. The van der Waals surface area contributed by atoms with Crippen molar-refractivity contribution in [2.75, 3.05) is 19.6 Å². The summed E-state index contributed by atoms with van der Waals surface area (Å²) < 4.78 is 0. The molecule has 0 bridgehead atoms. The third-order valence-corrected chi connectivity index (χ3v) is 15.2. The Morgan fingerprint density at radius 2 is 0.667 bits per heavy atom. The number of ketones is 1. The van der Waals surface area contributed by atoms with E-state index in [2.05, 4.69) is 202 Å². The van der Waals surface area contributed by atoms with Gasteiger partial charge in [-0.25, -0.2) is 0 Å². The Bertz CT molecular complexity index is 2100. The van der Waals surface area contributed by atoms with Crippen LogP contribution in [0, 0.1) is 23.7 Å². The number of carbonyl (C=O) groups is 1. The van der Waals surface area contributed by atoms with Gasteiger partial charge in [-0.05, 0) is 123 Å². The van der Waals surface area contributed by atoms with E-state index >= 15 is 4.79 Å². The number of hydrogen-bond donors (Lipinski definition) is 0. The van der Waals surface area contributed by atoms with Gasteiger partial charge in [-0.1, -0.05) is 122 Å². The molecule has 0 N–H and O–H groups in total. The SMILES string of the molecule is O=C1C2CC(N(c3ccccc3)c3ccccc3)CC3C2C2C1CC(N(c1ccccc1)c1ccccc1)CC2N(c1ccccc1)C1CCCCC1N3c1ccccc1. The van der Waals surface area contributed by atoms with Gasteiger partial charge in [-0.2, -0.15) is 0 Å². The predicted octanol–water partition coefficient (Wildman–Crippen LogP) is 12.1. The molecule has 5 fully saturated rings. The van der Waals surface area contributed by atoms with Crippen molar-refractivity contribution < 1.29 is 4.79 Å². The average molecular weight is 789 g/mol. The second kappa shape index (κ2) is 16.0. The highest BCUT2D eigenvalue weighted by molar-refractivity contribution is 5.88. The van der Waals surface area contributed by atoms with Crippen LogP contribution in [0.1, 0.15) is 51.4 Å². The van der Waals surface area contributed by atoms with E-state index in [1.807, 2.05) is 0 Å². The smallest absolute Gasteiger partial charge is 0.139 e. The highest BCUT2D eigenvalue weighted by atomic mass is 16.1. The van der Waals surface area contributed by atoms with Crippen LogP contribution in [0.2, 0.25) is 0 Å². The molecule has 4 aliphatic carbocycles. The summed E-state index contributed by atoms with van der Waals surface area (Å²) in [5.74, 6) is 0.989. The Hall–Kier alpha value is -5.81. The minimum Gasteiger partial charge on any atom is -0.363 e. The van der Waals surface area contributed by atoms with E-state index in [0.717, 1.165) is 38.5 Å². The van der Waals surface area contributed by atoms with E-state index in [4.69, 9.17) is 0 Å². The van der Waals surface area contributed by atoms with Crippen LogP contribution in [-0.4, -0.2) is 42.0 Å². The second-order valence-electron chi connectivity index (χ2n) is 18.1. The normalized spacial score (nSPS) is 29.4. The summed E-state index contributed by atoms with van der Waals surface area (Å²) in [5.41, 5.74) is 7.46. The fraction of sp³-hybridized carbons (Fsp3) is 0.327. The summed E-state index contributed by atoms with van der Waals surface area (Å²) in [6.45, 7) is 0. The molecule has 6 aromatic rings. The zero-order chi connectivity index (χ0) is 40.0. The van der Waals surface area contributed by atoms with E-state index in [1.54, 1.807) is 0 Å². The van der Waals surface area contributed by atoms with Crippen molar-refractivity contribution in [3.63, 3.8) is 0 Å². The van der Waals surface area contributed by atoms with Crippen molar-refractivity contribution in [1.29, 1.82) is 0 Å². The molecular formula is C55H56N4O. The number of rotatable bonds is 8. The second-order valence-corrected chi connectivity index (χ2v) is 18.1. The van der Waals surface area contributed by atoms with Crippen molar-refractivity contribution in [1.82, 2.24) is 0 Å². The van der Waals surface area contributed by atoms with Gasteiger partial charge in [-0.3, -0.25) is 4.79 Å². The maximum atomic E-state index is 15.9. The van der Waals surface area contributed by atoms with Gasteiger partial charge < -0.3 is 19.6 Å². The molecule has 1 saturated heterocycles. The minimum absolute atomic E-state index is 0.0224. The summed E-state index contributed by atoms with van der Waals surface area (Å²) in [7, 11) is 0. The van der Waals surface area contributed by atoms with Gasteiger partial charge in [0.1, 0.15) is 5.78 Å². The van der Waals surface area contributed by atoms with E-state index in [-0.39, 0.29) is 47.8 Å². The molecule has 0 radical (unpaired) electrons. The summed E-state index contributed by atoms with van der Waals surface area (Å²) in [5, 5.41) is 0. The first-order valence-corrected chi connectivity index (χ1v) is 22.7. The molecule has 0 amide bonds. The molecule has 6 aromatic carbocycles.